The summed E-state index contributed by atoms with van der Waals surface area (Å²) in [6.45, 7) is 1.05. The summed E-state index contributed by atoms with van der Waals surface area (Å²) in [5.74, 6) is 0. The molecule has 0 saturated heterocycles. The van der Waals surface area contributed by atoms with Gasteiger partial charge in [0.2, 0.25) is 6.41 Å². The lowest BCUT2D eigenvalue weighted by molar-refractivity contribution is -0.115. The van der Waals surface area contributed by atoms with Crippen LogP contribution >= 0.6 is 0 Å². The Bertz CT molecular complexity index is 345. The Kier molecular flexibility index (Phi) is 11.3. The van der Waals surface area contributed by atoms with Crippen molar-refractivity contribution < 1.29 is 4.79 Å². The Morgan fingerprint density at radius 1 is 0.957 bits per heavy atom. The van der Waals surface area contributed by atoms with Gasteiger partial charge in [0.05, 0.1) is 5.71 Å². The van der Waals surface area contributed by atoms with Crippen molar-refractivity contribution >= 4 is 12.1 Å². The number of allylic oxidation sites excluding steroid dienone is 2. The van der Waals surface area contributed by atoms with Crippen molar-refractivity contribution in [2.75, 3.05) is 20.6 Å². The van der Waals surface area contributed by atoms with Gasteiger partial charge in [0.25, 0.3) is 0 Å². The maximum Gasteiger partial charge on any atom is 0.209 e. The summed E-state index contributed by atoms with van der Waals surface area (Å²) in [6.07, 6.45) is 19.2. The van der Waals surface area contributed by atoms with Crippen LogP contribution in [0.2, 0.25) is 0 Å². The second-order valence-electron chi connectivity index (χ2n) is 6.74. The van der Waals surface area contributed by atoms with E-state index in [0.717, 1.165) is 13.0 Å². The van der Waals surface area contributed by atoms with Gasteiger partial charge in [-0.15, -0.1) is 0 Å². The van der Waals surface area contributed by atoms with Crippen molar-refractivity contribution in [1.82, 2.24) is 10.3 Å². The van der Waals surface area contributed by atoms with Gasteiger partial charge in [0.1, 0.15) is 0 Å². The van der Waals surface area contributed by atoms with Crippen LogP contribution < -0.4 is 5.43 Å². The molecule has 2 aliphatic rings. The first kappa shape index (κ1) is 19.7. The molecule has 0 radical (unpaired) electrons. The highest BCUT2D eigenvalue weighted by atomic mass is 16.1. The van der Waals surface area contributed by atoms with Crippen LogP contribution in [0.5, 0.6) is 0 Å². The zero-order valence-corrected chi connectivity index (χ0v) is 15.1. The van der Waals surface area contributed by atoms with E-state index in [9.17, 15) is 4.79 Å². The van der Waals surface area contributed by atoms with Crippen LogP contribution in [-0.2, 0) is 4.79 Å². The van der Waals surface area contributed by atoms with Gasteiger partial charge in [-0.25, -0.2) is 0 Å². The molecule has 2 rings (SSSR count). The Labute approximate surface area is 142 Å². The molecule has 1 heterocycles. The highest BCUT2D eigenvalue weighted by Gasteiger charge is 2.10. The molecule has 1 N–H and O–H groups in total. The number of carbonyl (C=O) groups is 1. The van der Waals surface area contributed by atoms with Gasteiger partial charge in [-0.1, -0.05) is 38.2 Å². The minimum atomic E-state index is 0.750. The molecule has 0 unspecified atom stereocenters. The van der Waals surface area contributed by atoms with E-state index in [-0.39, 0.29) is 0 Å². The van der Waals surface area contributed by atoms with Gasteiger partial charge in [0, 0.05) is 20.6 Å². The highest BCUT2D eigenvalue weighted by Crippen LogP contribution is 2.20. The van der Waals surface area contributed by atoms with Crippen LogP contribution in [0.4, 0.5) is 0 Å². The van der Waals surface area contributed by atoms with Crippen LogP contribution in [0.15, 0.2) is 16.8 Å². The van der Waals surface area contributed by atoms with E-state index in [0.29, 0.717) is 0 Å². The maximum atomic E-state index is 9.43. The van der Waals surface area contributed by atoms with Gasteiger partial charge in [-0.2, -0.15) is 5.10 Å². The quantitative estimate of drug-likeness (QED) is 0.772. The molecule has 0 aromatic rings. The topological polar surface area (TPSA) is 44.7 Å². The van der Waals surface area contributed by atoms with Crippen molar-refractivity contribution in [3.8, 4) is 0 Å². The van der Waals surface area contributed by atoms with Crippen molar-refractivity contribution in [2.45, 2.75) is 77.0 Å². The molecule has 1 aliphatic heterocycles. The first-order valence-electron chi connectivity index (χ1n) is 9.34. The summed E-state index contributed by atoms with van der Waals surface area (Å²) >= 11 is 0. The largest absolute Gasteiger partial charge is 0.351 e. The van der Waals surface area contributed by atoms with E-state index in [4.69, 9.17) is 0 Å². The molecule has 0 fully saturated rings. The number of amides is 1. The SMILES string of the molecule is C1=C(C2=NNCCCCCC2)CCCCCCC1.CN(C)C=O. The third kappa shape index (κ3) is 10.1. The van der Waals surface area contributed by atoms with Crippen molar-refractivity contribution in [3.05, 3.63) is 11.6 Å². The maximum absolute atomic E-state index is 9.43. The average Bonchev–Trinajstić information content (AvgIpc) is 2.78. The van der Waals surface area contributed by atoms with Gasteiger partial charge < -0.3 is 10.3 Å². The Morgan fingerprint density at radius 2 is 1.57 bits per heavy atom. The van der Waals surface area contributed by atoms with Crippen LogP contribution in [-0.4, -0.2) is 37.7 Å². The van der Waals surface area contributed by atoms with E-state index in [1.165, 1.54) is 87.7 Å². The van der Waals surface area contributed by atoms with E-state index < -0.39 is 0 Å². The summed E-state index contributed by atoms with van der Waals surface area (Å²) in [7, 11) is 3.38. The lowest BCUT2D eigenvalue weighted by atomic mass is 9.98. The van der Waals surface area contributed by atoms with E-state index >= 15 is 0 Å². The molecule has 23 heavy (non-hydrogen) atoms. The summed E-state index contributed by atoms with van der Waals surface area (Å²) in [5, 5.41) is 4.67. The van der Waals surface area contributed by atoms with Gasteiger partial charge in [-0.05, 0) is 50.5 Å². The lowest BCUT2D eigenvalue weighted by Crippen LogP contribution is -2.12. The zero-order valence-electron chi connectivity index (χ0n) is 15.1. The molecule has 132 valence electrons. The fourth-order valence-corrected chi connectivity index (χ4v) is 2.92. The van der Waals surface area contributed by atoms with Gasteiger partial charge in [-0.3, -0.25) is 4.79 Å². The average molecular weight is 322 g/mol. The molecule has 4 nitrogen and oxygen atoms in total. The molecule has 1 amide bonds. The number of rotatable bonds is 2. The molecule has 0 aromatic heterocycles. The minimum absolute atomic E-state index is 0.750. The second-order valence-corrected chi connectivity index (χ2v) is 6.74. The third-order valence-corrected chi connectivity index (χ3v) is 4.29. The number of hydrogen-bond donors (Lipinski definition) is 1. The summed E-state index contributed by atoms with van der Waals surface area (Å²) < 4.78 is 0. The fraction of sp³-hybridized carbons (Fsp3) is 0.789. The monoisotopic (exact) mass is 321 g/mol. The molecule has 4 heteroatoms. The molecule has 0 bridgehead atoms. The standard InChI is InChI=1S/C16H28N2.C3H7NO/c1-2-4-8-12-15(11-7-3-1)16-13-9-5-6-10-14-17-18-16;1-4(2)3-5/h11,17H,1-10,12-14H2;3H,1-2H3. The molecule has 0 atom stereocenters. The molecular formula is C19H35N3O. The minimum Gasteiger partial charge on any atom is -0.351 e. The molecular weight excluding hydrogens is 286 g/mol. The smallest absolute Gasteiger partial charge is 0.209 e. The van der Waals surface area contributed by atoms with Crippen LogP contribution in [0.3, 0.4) is 0 Å². The Morgan fingerprint density at radius 3 is 2.30 bits per heavy atom. The molecule has 1 aliphatic carbocycles. The predicted molar refractivity (Wildman–Crippen MR) is 98.7 cm³/mol. The van der Waals surface area contributed by atoms with E-state index in [1.54, 1.807) is 19.7 Å². The van der Waals surface area contributed by atoms with E-state index in [1.807, 2.05) is 0 Å². The van der Waals surface area contributed by atoms with Crippen molar-refractivity contribution in [3.63, 3.8) is 0 Å². The summed E-state index contributed by atoms with van der Waals surface area (Å²) in [4.78, 5) is 10.9. The number of nitrogens with zero attached hydrogens (tertiary/aromatic N) is 2. The second kappa shape index (κ2) is 13.1. The summed E-state index contributed by atoms with van der Waals surface area (Å²) in [5.41, 5.74) is 6.18. The first-order valence-corrected chi connectivity index (χ1v) is 9.34. The lowest BCUT2D eigenvalue weighted by Gasteiger charge is -2.10. The fourth-order valence-electron chi connectivity index (χ4n) is 2.92. The predicted octanol–water partition coefficient (Wildman–Crippen LogP) is 4.27. The Balaban J connectivity index is 0.000000463. The van der Waals surface area contributed by atoms with Gasteiger partial charge in [0.15, 0.2) is 0 Å². The number of hydrogen-bond acceptors (Lipinski definition) is 3. The van der Waals surface area contributed by atoms with E-state index in [2.05, 4.69) is 16.6 Å². The van der Waals surface area contributed by atoms with Crippen LogP contribution in [0.25, 0.3) is 0 Å². The summed E-state index contributed by atoms with van der Waals surface area (Å²) in [6, 6.07) is 0. The highest BCUT2D eigenvalue weighted by molar-refractivity contribution is 5.99. The van der Waals surface area contributed by atoms with Crippen molar-refractivity contribution in [2.24, 2.45) is 5.10 Å². The number of hydrazone groups is 1. The number of carbonyl (C=O) groups excluding carboxylic acids is 1. The molecule has 0 spiro atoms. The van der Waals surface area contributed by atoms with Crippen LogP contribution in [0.1, 0.15) is 77.0 Å². The van der Waals surface area contributed by atoms with Crippen molar-refractivity contribution in [1.29, 1.82) is 0 Å². The first-order chi connectivity index (χ1) is 11.2. The molecule has 0 aromatic carbocycles. The Hall–Kier alpha value is -1.32. The third-order valence-electron chi connectivity index (χ3n) is 4.29. The van der Waals surface area contributed by atoms with Gasteiger partial charge >= 0.3 is 0 Å². The number of nitrogens with one attached hydrogen (secondary N) is 1. The van der Waals surface area contributed by atoms with Crippen LogP contribution in [0, 0.1) is 0 Å². The molecule has 0 saturated carbocycles. The normalized spacial score (nSPS) is 20.3. The zero-order chi connectivity index (χ0) is 16.8.